The van der Waals surface area contributed by atoms with Gasteiger partial charge in [0, 0.05) is 19.1 Å². The average molecular weight is 248 g/mol. The summed E-state index contributed by atoms with van der Waals surface area (Å²) in [6.45, 7) is 3.96. The lowest BCUT2D eigenvalue weighted by Gasteiger charge is -2.35. The molecule has 0 aromatic heterocycles. The summed E-state index contributed by atoms with van der Waals surface area (Å²) >= 11 is 0. The van der Waals surface area contributed by atoms with Crippen LogP contribution in [0.2, 0.25) is 0 Å². The quantitative estimate of drug-likeness (QED) is 0.727. The third kappa shape index (κ3) is 2.74. The first-order valence-corrected chi connectivity index (χ1v) is 5.95. The Morgan fingerprint density at radius 2 is 2.29 bits per heavy atom. The molecule has 3 atom stereocenters. The highest BCUT2D eigenvalue weighted by Gasteiger charge is 2.51. The van der Waals surface area contributed by atoms with Crippen molar-refractivity contribution in [2.24, 2.45) is 11.7 Å². The van der Waals surface area contributed by atoms with Crippen LogP contribution in [-0.2, 0) is 9.53 Å². The van der Waals surface area contributed by atoms with Gasteiger partial charge in [-0.1, -0.05) is 6.92 Å². The number of likely N-dealkylation sites (tertiary alicyclic amines) is 1. The van der Waals surface area contributed by atoms with Crippen LogP contribution in [0.5, 0.6) is 0 Å². The molecule has 4 nitrogen and oxygen atoms in total. The SMILES string of the molecule is CC1CCN(CC2CC(F)(F)C(=O)O2)CC1N. The van der Waals surface area contributed by atoms with Crippen LogP contribution in [0.3, 0.4) is 0 Å². The lowest BCUT2D eigenvalue weighted by molar-refractivity contribution is -0.159. The summed E-state index contributed by atoms with van der Waals surface area (Å²) in [5, 5.41) is 0. The van der Waals surface area contributed by atoms with Crippen LogP contribution in [0.15, 0.2) is 0 Å². The van der Waals surface area contributed by atoms with Crippen molar-refractivity contribution in [1.82, 2.24) is 4.90 Å². The van der Waals surface area contributed by atoms with E-state index in [4.69, 9.17) is 5.73 Å². The molecule has 0 bridgehead atoms. The van der Waals surface area contributed by atoms with Crippen LogP contribution in [0.1, 0.15) is 19.8 Å². The minimum atomic E-state index is -3.31. The van der Waals surface area contributed by atoms with Gasteiger partial charge in [-0.05, 0) is 18.9 Å². The molecule has 0 saturated carbocycles. The maximum Gasteiger partial charge on any atom is 0.377 e. The molecule has 2 aliphatic rings. The minimum Gasteiger partial charge on any atom is -0.456 e. The van der Waals surface area contributed by atoms with Gasteiger partial charge in [0.2, 0.25) is 0 Å². The molecule has 2 fully saturated rings. The minimum absolute atomic E-state index is 0.0707. The summed E-state index contributed by atoms with van der Waals surface area (Å²) < 4.78 is 30.6. The molecule has 0 aromatic rings. The number of halogens is 2. The van der Waals surface area contributed by atoms with E-state index in [1.165, 1.54) is 0 Å². The van der Waals surface area contributed by atoms with E-state index in [9.17, 15) is 13.6 Å². The maximum absolute atomic E-state index is 13.0. The fourth-order valence-electron chi connectivity index (χ4n) is 2.37. The molecule has 3 unspecified atom stereocenters. The highest BCUT2D eigenvalue weighted by Crippen LogP contribution is 2.31. The molecule has 2 saturated heterocycles. The highest BCUT2D eigenvalue weighted by atomic mass is 19.3. The lowest BCUT2D eigenvalue weighted by Crippen LogP contribution is -2.49. The smallest absolute Gasteiger partial charge is 0.377 e. The Kier molecular flexibility index (Phi) is 3.36. The number of carbonyl (C=O) groups excluding carboxylic acids is 1. The molecule has 0 aromatic carbocycles. The zero-order valence-electron chi connectivity index (χ0n) is 9.86. The summed E-state index contributed by atoms with van der Waals surface area (Å²) in [5.74, 6) is -4.24. The number of nitrogens with zero attached hydrogens (tertiary/aromatic N) is 1. The second kappa shape index (κ2) is 4.49. The highest BCUT2D eigenvalue weighted by molar-refractivity contribution is 5.79. The first-order valence-electron chi connectivity index (χ1n) is 5.95. The molecule has 2 heterocycles. The molecule has 0 aliphatic carbocycles. The third-order valence-electron chi connectivity index (χ3n) is 3.62. The van der Waals surface area contributed by atoms with Crippen molar-refractivity contribution in [2.75, 3.05) is 19.6 Å². The first-order chi connectivity index (χ1) is 7.88. The van der Waals surface area contributed by atoms with Gasteiger partial charge in [-0.25, -0.2) is 4.79 Å². The van der Waals surface area contributed by atoms with E-state index in [0.717, 1.165) is 13.0 Å². The summed E-state index contributed by atoms with van der Waals surface area (Å²) in [6.07, 6.45) is -0.246. The fraction of sp³-hybridized carbons (Fsp3) is 0.909. The van der Waals surface area contributed by atoms with E-state index in [2.05, 4.69) is 11.7 Å². The molecule has 2 aliphatic heterocycles. The molecular weight excluding hydrogens is 230 g/mol. The standard InChI is InChI=1S/C11H18F2N2O2/c1-7-2-3-15(6-9(7)14)5-8-4-11(12,13)10(16)17-8/h7-9H,2-6,14H2,1H3. The number of carbonyl (C=O) groups is 1. The van der Waals surface area contributed by atoms with E-state index in [0.29, 0.717) is 19.0 Å². The third-order valence-corrected chi connectivity index (χ3v) is 3.62. The van der Waals surface area contributed by atoms with Gasteiger partial charge in [0.15, 0.2) is 0 Å². The van der Waals surface area contributed by atoms with Crippen molar-refractivity contribution in [3.05, 3.63) is 0 Å². The first kappa shape index (κ1) is 12.7. The van der Waals surface area contributed by atoms with Crippen LogP contribution >= 0.6 is 0 Å². The number of hydrogen-bond acceptors (Lipinski definition) is 4. The van der Waals surface area contributed by atoms with Gasteiger partial charge in [0.25, 0.3) is 0 Å². The lowest BCUT2D eigenvalue weighted by atomic mass is 9.94. The number of cyclic esters (lactones) is 1. The van der Waals surface area contributed by atoms with Gasteiger partial charge in [-0.3, -0.25) is 4.90 Å². The van der Waals surface area contributed by atoms with Crippen molar-refractivity contribution in [1.29, 1.82) is 0 Å². The second-order valence-electron chi connectivity index (χ2n) is 5.13. The predicted octanol–water partition coefficient (Wildman–Crippen LogP) is 0.606. The topological polar surface area (TPSA) is 55.6 Å². The van der Waals surface area contributed by atoms with E-state index >= 15 is 0 Å². The van der Waals surface area contributed by atoms with Crippen LogP contribution in [0.25, 0.3) is 0 Å². The Labute approximate surface area is 99.1 Å². The average Bonchev–Trinajstić information content (AvgIpc) is 2.46. The van der Waals surface area contributed by atoms with Gasteiger partial charge in [-0.2, -0.15) is 8.78 Å². The molecule has 0 radical (unpaired) electrons. The maximum atomic E-state index is 13.0. The molecule has 6 heteroatoms. The van der Waals surface area contributed by atoms with Gasteiger partial charge in [0.1, 0.15) is 6.10 Å². The molecule has 0 amide bonds. The van der Waals surface area contributed by atoms with Crippen molar-refractivity contribution in [2.45, 2.75) is 37.8 Å². The van der Waals surface area contributed by atoms with Crippen molar-refractivity contribution < 1.29 is 18.3 Å². The summed E-state index contributed by atoms with van der Waals surface area (Å²) in [4.78, 5) is 12.9. The van der Waals surface area contributed by atoms with Crippen molar-refractivity contribution in [3.63, 3.8) is 0 Å². The molecule has 2 rings (SSSR count). The molecular formula is C11H18F2N2O2. The fourth-order valence-corrected chi connectivity index (χ4v) is 2.37. The zero-order chi connectivity index (χ0) is 12.6. The molecule has 2 N–H and O–H groups in total. The van der Waals surface area contributed by atoms with Gasteiger partial charge in [0.05, 0.1) is 6.42 Å². The Morgan fingerprint density at radius 1 is 1.59 bits per heavy atom. The van der Waals surface area contributed by atoms with E-state index in [1.54, 1.807) is 0 Å². The normalized spacial score (nSPS) is 38.1. The van der Waals surface area contributed by atoms with Crippen LogP contribution < -0.4 is 5.73 Å². The number of piperidine rings is 1. The van der Waals surface area contributed by atoms with Gasteiger partial charge >= 0.3 is 11.9 Å². The summed E-state index contributed by atoms with van der Waals surface area (Å²) in [5.41, 5.74) is 5.93. The van der Waals surface area contributed by atoms with Crippen LogP contribution in [-0.4, -0.2) is 48.6 Å². The van der Waals surface area contributed by atoms with Gasteiger partial charge < -0.3 is 10.5 Å². The number of nitrogens with two attached hydrogens (primary N) is 1. The van der Waals surface area contributed by atoms with E-state index in [-0.39, 0.29) is 6.04 Å². The summed E-state index contributed by atoms with van der Waals surface area (Å²) in [7, 11) is 0. The Balaban J connectivity index is 1.85. The second-order valence-corrected chi connectivity index (χ2v) is 5.13. The molecule has 17 heavy (non-hydrogen) atoms. The number of rotatable bonds is 2. The number of hydrogen-bond donors (Lipinski definition) is 1. The Hall–Kier alpha value is -0.750. The molecule has 0 spiro atoms. The largest absolute Gasteiger partial charge is 0.456 e. The van der Waals surface area contributed by atoms with Crippen molar-refractivity contribution >= 4 is 5.97 Å². The van der Waals surface area contributed by atoms with Crippen molar-refractivity contribution in [3.8, 4) is 0 Å². The van der Waals surface area contributed by atoms with Crippen LogP contribution in [0, 0.1) is 5.92 Å². The molecule has 98 valence electrons. The number of ether oxygens (including phenoxy) is 1. The summed E-state index contributed by atoms with van der Waals surface area (Å²) in [6, 6.07) is 0.0707. The number of esters is 1. The number of alkyl halides is 2. The zero-order valence-corrected chi connectivity index (χ0v) is 9.86. The van der Waals surface area contributed by atoms with E-state index in [1.807, 2.05) is 4.90 Å². The predicted molar refractivity (Wildman–Crippen MR) is 57.6 cm³/mol. The Morgan fingerprint density at radius 3 is 2.82 bits per heavy atom. The van der Waals surface area contributed by atoms with E-state index < -0.39 is 24.4 Å². The van der Waals surface area contributed by atoms with Crippen LogP contribution in [0.4, 0.5) is 8.78 Å². The Bertz CT molecular complexity index is 312. The van der Waals surface area contributed by atoms with Gasteiger partial charge in [-0.15, -0.1) is 0 Å². The monoisotopic (exact) mass is 248 g/mol.